The van der Waals surface area contributed by atoms with Gasteiger partial charge >= 0.3 is 5.97 Å². The number of aliphatic hydroxyl groups is 1. The van der Waals surface area contributed by atoms with E-state index in [4.69, 9.17) is 4.74 Å². The van der Waals surface area contributed by atoms with Crippen LogP contribution in [0.15, 0.2) is 53.1 Å². The first-order chi connectivity index (χ1) is 12.5. The number of halogens is 2. The molecule has 0 aliphatic rings. The van der Waals surface area contributed by atoms with Crippen LogP contribution in [0.4, 0.5) is 8.78 Å². The fraction of sp³-hybridized carbons (Fsp3) is 0.111. The molecule has 2 N–H and O–H groups in total. The minimum atomic E-state index is -0.982. The fourth-order valence-corrected chi connectivity index (χ4v) is 3.11. The van der Waals surface area contributed by atoms with Crippen LogP contribution in [0.3, 0.4) is 0 Å². The molecule has 3 aromatic rings. The van der Waals surface area contributed by atoms with Gasteiger partial charge in [-0.2, -0.15) is 0 Å². The summed E-state index contributed by atoms with van der Waals surface area (Å²) >= 11 is 1.05. The van der Waals surface area contributed by atoms with Crippen LogP contribution in [0.1, 0.15) is 5.82 Å². The third kappa shape index (κ3) is 3.70. The Bertz CT molecular complexity index is 968. The standard InChI is InChI=1S/C18H14F2N2O3S/c1-25-18(24)16(17-21-13-4-2-3-5-14(13)22-17)15(23)9-26-10-6-7-11(19)12(20)8-10/h2-8,23H,9H2,1H3,(H,21,22)/b16-15+. The number of aromatic amines is 1. The normalized spacial score (nSPS) is 12.1. The third-order valence-electron chi connectivity index (χ3n) is 3.57. The Morgan fingerprint density at radius 2 is 2.00 bits per heavy atom. The smallest absolute Gasteiger partial charge is 0.345 e. The number of methoxy groups -OCH3 is 1. The second-order valence-corrected chi connectivity index (χ2v) is 6.33. The molecule has 0 unspecified atom stereocenters. The van der Waals surface area contributed by atoms with Gasteiger partial charge in [-0.15, -0.1) is 11.8 Å². The number of nitrogens with one attached hydrogen (secondary N) is 1. The van der Waals surface area contributed by atoms with E-state index in [1.165, 1.54) is 13.2 Å². The minimum Gasteiger partial charge on any atom is -0.510 e. The number of fused-ring (bicyclic) bond motifs is 1. The molecular weight excluding hydrogens is 362 g/mol. The summed E-state index contributed by atoms with van der Waals surface area (Å²) < 4.78 is 31.0. The number of H-pyrrole nitrogens is 1. The Balaban J connectivity index is 1.92. The maximum Gasteiger partial charge on any atom is 0.345 e. The van der Waals surface area contributed by atoms with E-state index in [0.717, 1.165) is 23.9 Å². The van der Waals surface area contributed by atoms with E-state index in [9.17, 15) is 18.7 Å². The Hall–Kier alpha value is -2.87. The van der Waals surface area contributed by atoms with Crippen molar-refractivity contribution in [1.82, 2.24) is 9.97 Å². The summed E-state index contributed by atoms with van der Waals surface area (Å²) in [7, 11) is 1.20. The Kier molecular flexibility index (Phi) is 5.22. The molecule has 0 spiro atoms. The molecule has 1 aromatic heterocycles. The molecule has 0 saturated carbocycles. The van der Waals surface area contributed by atoms with Gasteiger partial charge in [-0.1, -0.05) is 12.1 Å². The van der Waals surface area contributed by atoms with Gasteiger partial charge in [0.15, 0.2) is 11.6 Å². The summed E-state index contributed by atoms with van der Waals surface area (Å²) in [5, 5.41) is 10.4. The molecular formula is C18H14F2N2O3S. The van der Waals surface area contributed by atoms with Crippen molar-refractivity contribution in [1.29, 1.82) is 0 Å². The number of rotatable bonds is 5. The van der Waals surface area contributed by atoms with Crippen molar-refractivity contribution >= 4 is 34.3 Å². The van der Waals surface area contributed by atoms with Crippen molar-refractivity contribution in [3.63, 3.8) is 0 Å². The highest BCUT2D eigenvalue weighted by atomic mass is 32.2. The summed E-state index contributed by atoms with van der Waals surface area (Å²) in [6.07, 6.45) is 0. The minimum absolute atomic E-state index is 0.0491. The lowest BCUT2D eigenvalue weighted by atomic mass is 10.2. The highest BCUT2D eigenvalue weighted by Crippen LogP contribution is 2.26. The number of aromatic nitrogens is 2. The number of esters is 1. The Morgan fingerprint density at radius 3 is 2.69 bits per heavy atom. The summed E-state index contributed by atoms with van der Waals surface area (Å²) in [5.41, 5.74) is 1.22. The third-order valence-corrected chi connectivity index (χ3v) is 4.58. The van der Waals surface area contributed by atoms with Gasteiger partial charge in [0.1, 0.15) is 17.2 Å². The summed E-state index contributed by atoms with van der Waals surface area (Å²) in [5.74, 6) is -2.86. The van der Waals surface area contributed by atoms with Gasteiger partial charge < -0.3 is 14.8 Å². The molecule has 0 saturated heterocycles. The van der Waals surface area contributed by atoms with Crippen LogP contribution in [0, 0.1) is 11.6 Å². The summed E-state index contributed by atoms with van der Waals surface area (Å²) in [4.78, 5) is 19.8. The first-order valence-corrected chi connectivity index (χ1v) is 8.51. The summed E-state index contributed by atoms with van der Waals surface area (Å²) in [6, 6.07) is 10.6. The molecule has 8 heteroatoms. The number of benzene rings is 2. The van der Waals surface area contributed by atoms with E-state index < -0.39 is 17.6 Å². The maximum atomic E-state index is 13.3. The number of ether oxygens (including phenoxy) is 1. The average molecular weight is 376 g/mol. The van der Waals surface area contributed by atoms with Gasteiger partial charge in [-0.05, 0) is 30.3 Å². The van der Waals surface area contributed by atoms with Crippen LogP contribution < -0.4 is 0 Å². The van der Waals surface area contributed by atoms with Crippen molar-refractivity contribution in [3.05, 3.63) is 65.7 Å². The zero-order valence-electron chi connectivity index (χ0n) is 13.6. The van der Waals surface area contributed by atoms with Gasteiger partial charge in [0.2, 0.25) is 0 Å². The predicted molar refractivity (Wildman–Crippen MR) is 94.7 cm³/mol. The van der Waals surface area contributed by atoms with Gasteiger partial charge in [0.05, 0.1) is 23.9 Å². The second-order valence-electron chi connectivity index (χ2n) is 5.28. The number of aliphatic hydroxyl groups excluding tert-OH is 1. The zero-order chi connectivity index (χ0) is 18.7. The molecule has 134 valence electrons. The topological polar surface area (TPSA) is 75.2 Å². The van der Waals surface area contributed by atoms with Crippen LogP contribution in [-0.4, -0.2) is 33.9 Å². The quantitative estimate of drug-likeness (QED) is 0.304. The molecule has 3 rings (SSSR count). The number of imidazole rings is 1. The van der Waals surface area contributed by atoms with E-state index in [0.29, 0.717) is 15.9 Å². The van der Waals surface area contributed by atoms with E-state index in [-0.39, 0.29) is 22.9 Å². The first-order valence-electron chi connectivity index (χ1n) is 7.53. The van der Waals surface area contributed by atoms with Crippen molar-refractivity contribution < 1.29 is 23.4 Å². The van der Waals surface area contributed by atoms with Crippen molar-refractivity contribution in [3.8, 4) is 0 Å². The lowest BCUT2D eigenvalue weighted by Gasteiger charge is -2.07. The largest absolute Gasteiger partial charge is 0.510 e. The number of para-hydroxylation sites is 2. The molecule has 0 radical (unpaired) electrons. The molecule has 1 heterocycles. The van der Waals surface area contributed by atoms with Crippen LogP contribution in [0.25, 0.3) is 16.6 Å². The van der Waals surface area contributed by atoms with Crippen molar-refractivity contribution in [2.75, 3.05) is 12.9 Å². The molecule has 2 aromatic carbocycles. The van der Waals surface area contributed by atoms with E-state index in [1.807, 2.05) is 6.07 Å². The maximum absolute atomic E-state index is 13.3. The lowest BCUT2D eigenvalue weighted by Crippen LogP contribution is -2.09. The number of hydrogen-bond donors (Lipinski definition) is 2. The number of thioether (sulfide) groups is 1. The van der Waals surface area contributed by atoms with Gasteiger partial charge in [0, 0.05) is 4.90 Å². The van der Waals surface area contributed by atoms with Crippen LogP contribution in [0.2, 0.25) is 0 Å². The predicted octanol–water partition coefficient (Wildman–Crippen LogP) is 4.08. The first kappa shape index (κ1) is 17.9. The number of carbonyl (C=O) groups is 1. The van der Waals surface area contributed by atoms with Crippen LogP contribution in [0.5, 0.6) is 0 Å². The van der Waals surface area contributed by atoms with Crippen LogP contribution in [-0.2, 0) is 9.53 Å². The number of hydrogen-bond acceptors (Lipinski definition) is 5. The van der Waals surface area contributed by atoms with Gasteiger partial charge in [0.25, 0.3) is 0 Å². The molecule has 0 fully saturated rings. The number of carbonyl (C=O) groups excluding carboxylic acids is 1. The van der Waals surface area contributed by atoms with Gasteiger partial charge in [-0.25, -0.2) is 18.6 Å². The highest BCUT2D eigenvalue weighted by molar-refractivity contribution is 7.99. The van der Waals surface area contributed by atoms with Crippen molar-refractivity contribution in [2.45, 2.75) is 4.90 Å². The monoisotopic (exact) mass is 376 g/mol. The SMILES string of the molecule is COC(=O)/C(=C(/O)CSc1ccc(F)c(F)c1)c1nc2ccccc2[nH]1. The van der Waals surface area contributed by atoms with E-state index >= 15 is 0 Å². The molecule has 0 bridgehead atoms. The van der Waals surface area contributed by atoms with Crippen molar-refractivity contribution in [2.24, 2.45) is 0 Å². The molecule has 0 aliphatic carbocycles. The molecule has 5 nitrogen and oxygen atoms in total. The summed E-state index contributed by atoms with van der Waals surface area (Å²) in [6.45, 7) is 0. The average Bonchev–Trinajstić information content (AvgIpc) is 3.06. The Morgan fingerprint density at radius 1 is 1.23 bits per heavy atom. The zero-order valence-corrected chi connectivity index (χ0v) is 14.4. The molecule has 0 amide bonds. The Labute approximate surface area is 151 Å². The second kappa shape index (κ2) is 7.57. The molecule has 26 heavy (non-hydrogen) atoms. The van der Waals surface area contributed by atoms with Crippen LogP contribution >= 0.6 is 11.8 Å². The van der Waals surface area contributed by atoms with E-state index in [2.05, 4.69) is 9.97 Å². The fourth-order valence-electron chi connectivity index (χ4n) is 2.31. The molecule has 0 atom stereocenters. The highest BCUT2D eigenvalue weighted by Gasteiger charge is 2.22. The van der Waals surface area contributed by atoms with Gasteiger partial charge in [-0.3, -0.25) is 0 Å². The molecule has 0 aliphatic heterocycles. The number of nitrogens with zero attached hydrogens (tertiary/aromatic N) is 1. The van der Waals surface area contributed by atoms with E-state index in [1.54, 1.807) is 18.2 Å². The lowest BCUT2D eigenvalue weighted by molar-refractivity contribution is -0.133.